The van der Waals surface area contributed by atoms with Gasteiger partial charge >= 0.3 is 5.97 Å². The fraction of sp³-hybridized carbons (Fsp3) is 0.556. The van der Waals surface area contributed by atoms with E-state index in [9.17, 15) is 9.59 Å². The first kappa shape index (κ1) is 18.8. The number of rotatable bonds is 6. The largest absolute Gasteiger partial charge is 0.482 e. The maximum atomic E-state index is 12.2. The van der Waals surface area contributed by atoms with Crippen LogP contribution in [0, 0.1) is 5.92 Å². The van der Waals surface area contributed by atoms with Gasteiger partial charge in [0.15, 0.2) is 12.7 Å². The van der Waals surface area contributed by atoms with Crippen LogP contribution in [0.4, 0.5) is 0 Å². The average molecular weight is 398 g/mol. The molecule has 6 heteroatoms. The Morgan fingerprint density at radius 1 is 1.25 bits per heavy atom. The zero-order chi connectivity index (χ0) is 17.5. The number of esters is 1. The minimum Gasteiger partial charge on any atom is -0.482 e. The Kier molecular flexibility index (Phi) is 7.09. The molecule has 132 valence electrons. The van der Waals surface area contributed by atoms with Crippen molar-refractivity contribution in [2.24, 2.45) is 5.92 Å². The molecule has 0 spiro atoms. The first-order valence-electron chi connectivity index (χ1n) is 8.34. The lowest BCUT2D eigenvalue weighted by atomic mass is 9.86. The maximum Gasteiger partial charge on any atom is 0.344 e. The van der Waals surface area contributed by atoms with Crippen LogP contribution >= 0.6 is 15.9 Å². The molecule has 24 heavy (non-hydrogen) atoms. The van der Waals surface area contributed by atoms with Crippen molar-refractivity contribution in [1.82, 2.24) is 5.32 Å². The van der Waals surface area contributed by atoms with Gasteiger partial charge in [-0.1, -0.05) is 35.7 Å². The number of hydrogen-bond donors (Lipinski definition) is 1. The van der Waals surface area contributed by atoms with Crippen molar-refractivity contribution in [2.75, 3.05) is 6.61 Å². The highest BCUT2D eigenvalue weighted by atomic mass is 79.9. The number of carbonyl (C=O) groups is 2. The predicted molar refractivity (Wildman–Crippen MR) is 94.8 cm³/mol. The van der Waals surface area contributed by atoms with Crippen LogP contribution in [0.3, 0.4) is 0 Å². The lowest BCUT2D eigenvalue weighted by Gasteiger charge is -2.30. The quantitative estimate of drug-likeness (QED) is 0.746. The van der Waals surface area contributed by atoms with Crippen LogP contribution < -0.4 is 10.1 Å². The highest BCUT2D eigenvalue weighted by molar-refractivity contribution is 9.10. The molecule has 0 radical (unpaired) electrons. The topological polar surface area (TPSA) is 64.6 Å². The molecule has 1 aromatic rings. The van der Waals surface area contributed by atoms with Crippen LogP contribution in [0.1, 0.15) is 39.5 Å². The average Bonchev–Trinajstić information content (AvgIpc) is 2.56. The molecule has 1 fully saturated rings. The van der Waals surface area contributed by atoms with Crippen molar-refractivity contribution in [2.45, 2.75) is 51.7 Å². The second-order valence-corrected chi connectivity index (χ2v) is 7.17. The molecule has 0 aliphatic heterocycles. The highest BCUT2D eigenvalue weighted by Crippen LogP contribution is 2.23. The Morgan fingerprint density at radius 3 is 2.58 bits per heavy atom. The molecule has 1 aliphatic carbocycles. The van der Waals surface area contributed by atoms with Crippen molar-refractivity contribution in [3.63, 3.8) is 0 Å². The normalized spacial score (nSPS) is 21.6. The third-order valence-electron chi connectivity index (χ3n) is 4.29. The summed E-state index contributed by atoms with van der Waals surface area (Å²) in [7, 11) is 0. The summed E-state index contributed by atoms with van der Waals surface area (Å²) in [5, 5.41) is 2.99. The molecule has 0 heterocycles. The van der Waals surface area contributed by atoms with Crippen LogP contribution in [0.5, 0.6) is 5.75 Å². The van der Waals surface area contributed by atoms with Gasteiger partial charge in [-0.3, -0.25) is 4.79 Å². The lowest BCUT2D eigenvalue weighted by molar-refractivity contribution is -0.157. The fourth-order valence-corrected chi connectivity index (χ4v) is 3.05. The van der Waals surface area contributed by atoms with Gasteiger partial charge in [-0.15, -0.1) is 0 Å². The second kappa shape index (κ2) is 9.06. The van der Waals surface area contributed by atoms with Gasteiger partial charge in [0.25, 0.3) is 5.91 Å². The van der Waals surface area contributed by atoms with Gasteiger partial charge in [0.2, 0.25) is 0 Å². The number of nitrogens with one attached hydrogen (secondary N) is 1. The number of carbonyl (C=O) groups excluding carboxylic acids is 2. The van der Waals surface area contributed by atoms with Crippen LogP contribution in [0.25, 0.3) is 0 Å². The SMILES string of the molecule is C[C@@H](OC(=O)COc1ccc(Br)cc1)C(=O)N[C@H]1CCCC[C@@H]1C. The molecule has 1 aliphatic rings. The van der Waals surface area contributed by atoms with E-state index in [2.05, 4.69) is 28.2 Å². The summed E-state index contributed by atoms with van der Waals surface area (Å²) in [5.41, 5.74) is 0. The Labute approximate surface area is 151 Å². The van der Waals surface area contributed by atoms with Gasteiger partial charge in [0.05, 0.1) is 0 Å². The van der Waals surface area contributed by atoms with Crippen molar-refractivity contribution in [3.8, 4) is 5.75 Å². The zero-order valence-corrected chi connectivity index (χ0v) is 15.7. The molecule has 0 unspecified atom stereocenters. The molecule has 1 aromatic carbocycles. The van der Waals surface area contributed by atoms with E-state index in [1.807, 2.05) is 12.1 Å². The molecular formula is C18H24BrNO4. The zero-order valence-electron chi connectivity index (χ0n) is 14.1. The van der Waals surface area contributed by atoms with E-state index < -0.39 is 12.1 Å². The van der Waals surface area contributed by atoms with Crippen molar-refractivity contribution in [3.05, 3.63) is 28.7 Å². The van der Waals surface area contributed by atoms with Gasteiger partial charge in [-0.05, 0) is 49.9 Å². The third kappa shape index (κ3) is 5.82. The van der Waals surface area contributed by atoms with Gasteiger partial charge in [-0.25, -0.2) is 4.79 Å². The summed E-state index contributed by atoms with van der Waals surface area (Å²) in [5.74, 6) is 0.234. The monoisotopic (exact) mass is 397 g/mol. The fourth-order valence-electron chi connectivity index (χ4n) is 2.79. The van der Waals surface area contributed by atoms with Crippen LogP contribution in [-0.4, -0.2) is 30.6 Å². The van der Waals surface area contributed by atoms with Crippen LogP contribution in [-0.2, 0) is 14.3 Å². The number of benzene rings is 1. The lowest BCUT2D eigenvalue weighted by Crippen LogP contribution is -2.46. The summed E-state index contributed by atoms with van der Waals surface area (Å²) in [6.45, 7) is 3.51. The minimum absolute atomic E-state index is 0.173. The number of hydrogen-bond acceptors (Lipinski definition) is 4. The standard InChI is InChI=1S/C18H24BrNO4/c1-12-5-3-4-6-16(12)20-18(22)13(2)24-17(21)11-23-15-9-7-14(19)8-10-15/h7-10,12-13,16H,3-6,11H2,1-2H3,(H,20,22)/t12-,13+,16-/m0/s1. The Bertz CT molecular complexity index is 561. The molecule has 0 aromatic heterocycles. The molecule has 0 saturated heterocycles. The number of ether oxygens (including phenoxy) is 2. The smallest absolute Gasteiger partial charge is 0.344 e. The molecule has 0 bridgehead atoms. The number of amides is 1. The van der Waals surface area contributed by atoms with Gasteiger partial charge < -0.3 is 14.8 Å². The van der Waals surface area contributed by atoms with E-state index >= 15 is 0 Å². The molecule has 3 atom stereocenters. The van der Waals surface area contributed by atoms with Gasteiger partial charge in [0, 0.05) is 10.5 Å². The first-order valence-corrected chi connectivity index (χ1v) is 9.13. The Morgan fingerprint density at radius 2 is 1.92 bits per heavy atom. The Balaban J connectivity index is 1.73. The summed E-state index contributed by atoms with van der Waals surface area (Å²) >= 11 is 3.33. The molecule has 1 saturated carbocycles. The molecule has 2 rings (SSSR count). The van der Waals surface area contributed by atoms with Crippen LogP contribution in [0.15, 0.2) is 28.7 Å². The van der Waals surface area contributed by atoms with E-state index in [0.29, 0.717) is 11.7 Å². The van der Waals surface area contributed by atoms with Crippen molar-refractivity contribution in [1.29, 1.82) is 0 Å². The maximum absolute atomic E-state index is 12.2. The van der Waals surface area contributed by atoms with Gasteiger partial charge in [0.1, 0.15) is 5.75 Å². The third-order valence-corrected chi connectivity index (χ3v) is 4.82. The molecule has 1 N–H and O–H groups in total. The highest BCUT2D eigenvalue weighted by Gasteiger charge is 2.26. The molecule has 5 nitrogen and oxygen atoms in total. The second-order valence-electron chi connectivity index (χ2n) is 6.25. The summed E-state index contributed by atoms with van der Waals surface area (Å²) in [6, 6.07) is 7.31. The van der Waals surface area contributed by atoms with E-state index in [1.54, 1.807) is 19.1 Å². The predicted octanol–water partition coefficient (Wildman–Crippen LogP) is 3.45. The molecule has 1 amide bonds. The molecular weight excluding hydrogens is 374 g/mol. The van der Waals surface area contributed by atoms with E-state index in [0.717, 1.165) is 23.7 Å². The number of halogens is 1. The summed E-state index contributed by atoms with van der Waals surface area (Å²) < 4.78 is 11.4. The van der Waals surface area contributed by atoms with Crippen LogP contribution in [0.2, 0.25) is 0 Å². The van der Waals surface area contributed by atoms with E-state index in [1.165, 1.54) is 6.42 Å². The van der Waals surface area contributed by atoms with Crippen molar-refractivity contribution >= 4 is 27.8 Å². The minimum atomic E-state index is -0.819. The van der Waals surface area contributed by atoms with Gasteiger partial charge in [-0.2, -0.15) is 0 Å². The summed E-state index contributed by atoms with van der Waals surface area (Å²) in [6.07, 6.45) is 3.64. The summed E-state index contributed by atoms with van der Waals surface area (Å²) in [4.78, 5) is 24.0. The van der Waals surface area contributed by atoms with Crippen molar-refractivity contribution < 1.29 is 19.1 Å². The first-order chi connectivity index (χ1) is 11.5. The van der Waals surface area contributed by atoms with E-state index in [4.69, 9.17) is 9.47 Å². The van der Waals surface area contributed by atoms with E-state index in [-0.39, 0.29) is 18.6 Å². The Hall–Kier alpha value is -1.56.